The number of carbonyl (C=O) groups is 1. The van der Waals surface area contributed by atoms with E-state index in [1.807, 2.05) is 17.5 Å². The zero-order chi connectivity index (χ0) is 20.3. The van der Waals surface area contributed by atoms with E-state index in [0.29, 0.717) is 18.1 Å². The Balaban J connectivity index is 1.26. The minimum absolute atomic E-state index is 0.0104. The highest BCUT2D eigenvalue weighted by atomic mass is 32.1. The Kier molecular flexibility index (Phi) is 8.40. The van der Waals surface area contributed by atoms with Crippen LogP contribution in [0.25, 0.3) is 0 Å². The number of thiophene rings is 1. The van der Waals surface area contributed by atoms with Crippen molar-refractivity contribution in [3.63, 3.8) is 0 Å². The van der Waals surface area contributed by atoms with Crippen molar-refractivity contribution in [1.29, 1.82) is 0 Å². The largest absolute Gasteiger partial charge is 0.478 e. The van der Waals surface area contributed by atoms with Crippen LogP contribution in [-0.2, 0) is 6.54 Å². The number of ketones is 1. The van der Waals surface area contributed by atoms with Crippen LogP contribution in [0.3, 0.4) is 0 Å². The summed E-state index contributed by atoms with van der Waals surface area (Å²) in [6.45, 7) is 2.77. The van der Waals surface area contributed by atoms with Gasteiger partial charge in [-0.05, 0) is 49.5 Å². The standard InChI is InChI=1S/C24H28N2O2S/c1-26(19-20-10-5-4-6-11-20)15-7-2-3-8-16-28-23-14-13-21(18-25-23)24(27)22-12-9-17-29-22/h4-6,9-14,17-18H,2-3,7-8,15-16,19H2,1H3. The molecule has 0 aliphatic heterocycles. The highest BCUT2D eigenvalue weighted by Gasteiger charge is 2.10. The Morgan fingerprint density at radius 1 is 1.00 bits per heavy atom. The molecule has 0 unspecified atom stereocenters. The van der Waals surface area contributed by atoms with Crippen LogP contribution in [0.15, 0.2) is 66.2 Å². The summed E-state index contributed by atoms with van der Waals surface area (Å²) in [4.78, 5) is 19.6. The zero-order valence-electron chi connectivity index (χ0n) is 16.9. The summed E-state index contributed by atoms with van der Waals surface area (Å²) in [5.74, 6) is 0.589. The molecule has 0 fully saturated rings. The second kappa shape index (κ2) is 11.5. The lowest BCUT2D eigenvalue weighted by molar-refractivity contribution is 0.104. The number of aromatic nitrogens is 1. The molecular formula is C24H28N2O2S. The monoisotopic (exact) mass is 408 g/mol. The fraction of sp³-hybridized carbons (Fsp3) is 0.333. The molecule has 0 saturated heterocycles. The van der Waals surface area contributed by atoms with Crippen LogP contribution < -0.4 is 4.74 Å². The lowest BCUT2D eigenvalue weighted by atomic mass is 10.1. The van der Waals surface area contributed by atoms with Crippen molar-refractivity contribution >= 4 is 17.1 Å². The van der Waals surface area contributed by atoms with Gasteiger partial charge in [0.15, 0.2) is 0 Å². The molecule has 0 atom stereocenters. The smallest absolute Gasteiger partial charge is 0.213 e. The third-order valence-electron chi connectivity index (χ3n) is 4.72. The van der Waals surface area contributed by atoms with Crippen molar-refractivity contribution in [1.82, 2.24) is 9.88 Å². The number of rotatable bonds is 12. The van der Waals surface area contributed by atoms with Crippen molar-refractivity contribution in [2.75, 3.05) is 20.2 Å². The second-order valence-corrected chi connectivity index (χ2v) is 8.13. The van der Waals surface area contributed by atoms with Gasteiger partial charge in [-0.3, -0.25) is 4.79 Å². The Bertz CT molecular complexity index is 848. The van der Waals surface area contributed by atoms with Gasteiger partial charge in [-0.1, -0.05) is 49.2 Å². The SMILES string of the molecule is CN(CCCCCCOc1ccc(C(=O)c2cccs2)cn1)Cc1ccccc1. The van der Waals surface area contributed by atoms with Gasteiger partial charge in [0.1, 0.15) is 0 Å². The maximum absolute atomic E-state index is 12.3. The van der Waals surface area contributed by atoms with E-state index in [9.17, 15) is 4.79 Å². The number of pyridine rings is 1. The summed E-state index contributed by atoms with van der Waals surface area (Å²) >= 11 is 1.44. The number of carbonyl (C=O) groups excluding carboxylic acids is 1. The van der Waals surface area contributed by atoms with Crippen LogP contribution in [0.1, 0.15) is 46.5 Å². The van der Waals surface area contributed by atoms with E-state index in [1.165, 1.54) is 29.7 Å². The molecule has 0 bridgehead atoms. The maximum Gasteiger partial charge on any atom is 0.213 e. The van der Waals surface area contributed by atoms with Gasteiger partial charge in [0.2, 0.25) is 11.7 Å². The van der Waals surface area contributed by atoms with Crippen LogP contribution in [0.2, 0.25) is 0 Å². The molecule has 0 aliphatic rings. The summed E-state index contributed by atoms with van der Waals surface area (Å²) in [6, 6.07) is 17.9. The molecule has 0 spiro atoms. The third kappa shape index (κ3) is 7.11. The van der Waals surface area contributed by atoms with E-state index in [4.69, 9.17) is 4.74 Å². The molecule has 3 aromatic rings. The molecular weight excluding hydrogens is 380 g/mol. The Labute approximate surface area is 177 Å². The molecule has 0 N–H and O–H groups in total. The first-order valence-corrected chi connectivity index (χ1v) is 11.0. The lowest BCUT2D eigenvalue weighted by Crippen LogP contribution is -2.19. The van der Waals surface area contributed by atoms with Crippen molar-refractivity contribution in [3.8, 4) is 5.88 Å². The van der Waals surface area contributed by atoms with Crippen molar-refractivity contribution in [2.45, 2.75) is 32.2 Å². The van der Waals surface area contributed by atoms with Crippen LogP contribution >= 0.6 is 11.3 Å². The fourth-order valence-electron chi connectivity index (χ4n) is 3.14. The molecule has 0 saturated carbocycles. The van der Waals surface area contributed by atoms with Crippen molar-refractivity contribution < 1.29 is 9.53 Å². The third-order valence-corrected chi connectivity index (χ3v) is 5.59. The normalized spacial score (nSPS) is 11.0. The predicted octanol–water partition coefficient (Wildman–Crippen LogP) is 5.45. The van der Waals surface area contributed by atoms with Crippen LogP contribution in [0.4, 0.5) is 0 Å². The highest BCUT2D eigenvalue weighted by molar-refractivity contribution is 7.12. The molecule has 3 rings (SSSR count). The van der Waals surface area contributed by atoms with E-state index < -0.39 is 0 Å². The van der Waals surface area contributed by atoms with Gasteiger partial charge in [0, 0.05) is 24.4 Å². The summed E-state index contributed by atoms with van der Waals surface area (Å²) in [5.41, 5.74) is 1.96. The first-order chi connectivity index (χ1) is 14.2. The minimum atomic E-state index is 0.0104. The topological polar surface area (TPSA) is 42.4 Å². The molecule has 2 aromatic heterocycles. The average molecular weight is 409 g/mol. The number of hydrogen-bond acceptors (Lipinski definition) is 5. The van der Waals surface area contributed by atoms with Gasteiger partial charge in [0.05, 0.1) is 11.5 Å². The molecule has 29 heavy (non-hydrogen) atoms. The number of hydrogen-bond donors (Lipinski definition) is 0. The quantitative estimate of drug-likeness (QED) is 0.295. The summed E-state index contributed by atoms with van der Waals surface area (Å²) in [6.07, 6.45) is 6.15. The maximum atomic E-state index is 12.3. The summed E-state index contributed by atoms with van der Waals surface area (Å²) < 4.78 is 5.71. The van der Waals surface area contributed by atoms with Gasteiger partial charge in [-0.25, -0.2) is 4.98 Å². The lowest BCUT2D eigenvalue weighted by Gasteiger charge is -2.16. The van der Waals surface area contributed by atoms with E-state index in [0.717, 1.165) is 30.8 Å². The average Bonchev–Trinajstić information content (AvgIpc) is 3.29. The predicted molar refractivity (Wildman–Crippen MR) is 119 cm³/mol. The van der Waals surface area contributed by atoms with Gasteiger partial charge in [0.25, 0.3) is 0 Å². The van der Waals surface area contributed by atoms with Gasteiger partial charge in [-0.2, -0.15) is 0 Å². The minimum Gasteiger partial charge on any atom is -0.478 e. The van der Waals surface area contributed by atoms with Gasteiger partial charge >= 0.3 is 0 Å². The van der Waals surface area contributed by atoms with E-state index >= 15 is 0 Å². The molecule has 2 heterocycles. The van der Waals surface area contributed by atoms with Gasteiger partial charge < -0.3 is 9.64 Å². The molecule has 152 valence electrons. The van der Waals surface area contributed by atoms with E-state index in [1.54, 1.807) is 18.3 Å². The number of benzene rings is 1. The number of ether oxygens (including phenoxy) is 1. The Hall–Kier alpha value is -2.50. The van der Waals surface area contributed by atoms with Crippen molar-refractivity contribution in [3.05, 3.63) is 82.2 Å². The molecule has 5 heteroatoms. The molecule has 4 nitrogen and oxygen atoms in total. The van der Waals surface area contributed by atoms with Crippen LogP contribution in [0, 0.1) is 0 Å². The summed E-state index contributed by atoms with van der Waals surface area (Å²) in [5, 5.41) is 1.90. The molecule has 0 aliphatic carbocycles. The Morgan fingerprint density at radius 2 is 1.83 bits per heavy atom. The second-order valence-electron chi connectivity index (χ2n) is 7.18. The van der Waals surface area contributed by atoms with Gasteiger partial charge in [-0.15, -0.1) is 11.3 Å². The van der Waals surface area contributed by atoms with Crippen molar-refractivity contribution in [2.24, 2.45) is 0 Å². The first-order valence-electron chi connectivity index (χ1n) is 10.1. The summed E-state index contributed by atoms with van der Waals surface area (Å²) in [7, 11) is 2.18. The van der Waals surface area contributed by atoms with Crippen LogP contribution in [0.5, 0.6) is 5.88 Å². The number of unbranched alkanes of at least 4 members (excludes halogenated alkanes) is 3. The molecule has 1 aromatic carbocycles. The fourth-order valence-corrected chi connectivity index (χ4v) is 3.82. The zero-order valence-corrected chi connectivity index (χ0v) is 17.7. The van der Waals surface area contributed by atoms with Crippen LogP contribution in [-0.4, -0.2) is 35.9 Å². The highest BCUT2D eigenvalue weighted by Crippen LogP contribution is 2.16. The number of nitrogens with zero attached hydrogens (tertiary/aromatic N) is 2. The molecule has 0 amide bonds. The Morgan fingerprint density at radius 3 is 2.55 bits per heavy atom. The van der Waals surface area contributed by atoms with E-state index in [-0.39, 0.29) is 5.78 Å². The van der Waals surface area contributed by atoms with E-state index in [2.05, 4.69) is 47.3 Å². The first kappa shape index (κ1) is 21.2. The molecule has 0 radical (unpaired) electrons.